The van der Waals surface area contributed by atoms with Gasteiger partial charge in [0, 0.05) is 30.9 Å². The van der Waals surface area contributed by atoms with Crippen LogP contribution in [-0.4, -0.2) is 14.3 Å². The third-order valence-corrected chi connectivity index (χ3v) is 4.59. The Morgan fingerprint density at radius 3 is 2.65 bits per heavy atom. The third kappa shape index (κ3) is 1.82. The van der Waals surface area contributed by atoms with Crippen molar-refractivity contribution in [1.29, 1.82) is 0 Å². The lowest BCUT2D eigenvalue weighted by Crippen LogP contribution is -2.18. The highest BCUT2D eigenvalue weighted by Gasteiger charge is 2.32. The highest BCUT2D eigenvalue weighted by atomic mass is 16.1. The van der Waals surface area contributed by atoms with Crippen molar-refractivity contribution in [1.82, 2.24) is 14.3 Å². The van der Waals surface area contributed by atoms with Gasteiger partial charge in [0.25, 0.3) is 5.56 Å². The molecule has 0 radical (unpaired) electrons. The lowest BCUT2D eigenvalue weighted by atomic mass is 9.93. The van der Waals surface area contributed by atoms with Crippen LogP contribution in [0.4, 0.5) is 0 Å². The second kappa shape index (κ2) is 4.33. The summed E-state index contributed by atoms with van der Waals surface area (Å²) in [5, 5.41) is 4.81. The Labute approximate surface area is 118 Å². The number of aromatic nitrogens is 3. The predicted molar refractivity (Wildman–Crippen MR) is 77.8 cm³/mol. The van der Waals surface area contributed by atoms with Crippen LogP contribution in [0.2, 0.25) is 0 Å². The molecule has 2 saturated carbocycles. The van der Waals surface area contributed by atoms with Crippen LogP contribution in [0.5, 0.6) is 0 Å². The van der Waals surface area contributed by atoms with Crippen molar-refractivity contribution < 1.29 is 0 Å². The van der Waals surface area contributed by atoms with Crippen LogP contribution in [0.3, 0.4) is 0 Å². The molecule has 0 amide bonds. The first-order valence-electron chi connectivity index (χ1n) is 7.49. The molecule has 0 aliphatic heterocycles. The van der Waals surface area contributed by atoms with E-state index in [2.05, 4.69) is 10.9 Å². The van der Waals surface area contributed by atoms with Gasteiger partial charge in [-0.05, 0) is 44.2 Å². The molecule has 0 N–H and O–H groups in total. The zero-order valence-corrected chi connectivity index (χ0v) is 11.7. The van der Waals surface area contributed by atoms with Gasteiger partial charge in [-0.15, -0.1) is 0 Å². The standard InChI is InChI=1S/C16H19N3O/c1-18-9-3-6-13(16(18)20)14-10-19(12-4-2-5-12)17-15(14)11-7-8-11/h3,6,9-12H,2,4-5,7-8H2,1H3. The van der Waals surface area contributed by atoms with E-state index in [1.54, 1.807) is 17.8 Å². The summed E-state index contributed by atoms with van der Waals surface area (Å²) in [6, 6.07) is 4.42. The summed E-state index contributed by atoms with van der Waals surface area (Å²) in [6.07, 6.45) is 10.1. The Bertz CT molecular complexity index is 705. The van der Waals surface area contributed by atoms with Gasteiger partial charge in [-0.2, -0.15) is 5.10 Å². The molecule has 0 aromatic carbocycles. The molecule has 2 aromatic heterocycles. The number of hydrogen-bond donors (Lipinski definition) is 0. The fourth-order valence-electron chi connectivity index (χ4n) is 2.91. The predicted octanol–water partition coefficient (Wildman–Crippen LogP) is 2.85. The van der Waals surface area contributed by atoms with E-state index in [9.17, 15) is 4.79 Å². The maximum atomic E-state index is 12.4. The summed E-state index contributed by atoms with van der Waals surface area (Å²) in [5.41, 5.74) is 3.06. The molecule has 20 heavy (non-hydrogen) atoms. The average Bonchev–Trinajstić information content (AvgIpc) is 3.13. The second-order valence-corrected chi connectivity index (χ2v) is 6.10. The van der Waals surface area contributed by atoms with Gasteiger partial charge >= 0.3 is 0 Å². The van der Waals surface area contributed by atoms with Gasteiger partial charge in [-0.1, -0.05) is 0 Å². The summed E-state index contributed by atoms with van der Waals surface area (Å²) < 4.78 is 3.76. The number of aryl methyl sites for hydroxylation is 1. The average molecular weight is 269 g/mol. The van der Waals surface area contributed by atoms with Gasteiger partial charge in [0.15, 0.2) is 0 Å². The summed E-state index contributed by atoms with van der Waals surface area (Å²) in [5.74, 6) is 0.566. The Morgan fingerprint density at radius 1 is 1.20 bits per heavy atom. The van der Waals surface area contributed by atoms with E-state index < -0.39 is 0 Å². The fraction of sp³-hybridized carbons (Fsp3) is 0.500. The molecule has 0 saturated heterocycles. The molecular weight excluding hydrogens is 250 g/mol. The van der Waals surface area contributed by atoms with Crippen LogP contribution in [-0.2, 0) is 7.05 Å². The van der Waals surface area contributed by atoms with E-state index in [1.807, 2.05) is 12.1 Å². The van der Waals surface area contributed by atoms with Crippen LogP contribution >= 0.6 is 0 Å². The topological polar surface area (TPSA) is 39.8 Å². The van der Waals surface area contributed by atoms with Crippen molar-refractivity contribution in [3.8, 4) is 11.1 Å². The van der Waals surface area contributed by atoms with E-state index in [1.165, 1.54) is 32.1 Å². The molecule has 4 nitrogen and oxygen atoms in total. The van der Waals surface area contributed by atoms with E-state index >= 15 is 0 Å². The van der Waals surface area contributed by atoms with E-state index in [-0.39, 0.29) is 5.56 Å². The summed E-state index contributed by atoms with van der Waals surface area (Å²) in [7, 11) is 1.80. The van der Waals surface area contributed by atoms with Gasteiger partial charge < -0.3 is 4.57 Å². The van der Waals surface area contributed by atoms with Gasteiger partial charge in [0.1, 0.15) is 0 Å². The molecular formula is C16H19N3O. The zero-order valence-electron chi connectivity index (χ0n) is 11.7. The molecule has 0 spiro atoms. The highest BCUT2D eigenvalue weighted by molar-refractivity contribution is 5.65. The first-order chi connectivity index (χ1) is 9.74. The molecule has 104 valence electrons. The maximum absolute atomic E-state index is 12.4. The monoisotopic (exact) mass is 269 g/mol. The minimum atomic E-state index is 0.0718. The van der Waals surface area contributed by atoms with E-state index in [4.69, 9.17) is 5.10 Å². The van der Waals surface area contributed by atoms with Gasteiger partial charge in [-0.25, -0.2) is 0 Å². The van der Waals surface area contributed by atoms with Crippen molar-refractivity contribution in [2.24, 2.45) is 7.05 Å². The minimum absolute atomic E-state index is 0.0718. The smallest absolute Gasteiger partial charge is 0.258 e. The van der Waals surface area contributed by atoms with Gasteiger partial charge in [0.05, 0.1) is 17.3 Å². The molecule has 2 aromatic rings. The molecule has 2 aliphatic carbocycles. The lowest BCUT2D eigenvalue weighted by molar-refractivity contribution is 0.288. The quantitative estimate of drug-likeness (QED) is 0.859. The highest BCUT2D eigenvalue weighted by Crippen LogP contribution is 2.44. The van der Waals surface area contributed by atoms with Crippen LogP contribution in [0.1, 0.15) is 49.8 Å². The first kappa shape index (κ1) is 11.9. The van der Waals surface area contributed by atoms with Crippen molar-refractivity contribution in [3.05, 3.63) is 40.6 Å². The van der Waals surface area contributed by atoms with Crippen LogP contribution in [0.15, 0.2) is 29.3 Å². The molecule has 0 atom stereocenters. The first-order valence-corrected chi connectivity index (χ1v) is 7.49. The Balaban J connectivity index is 1.85. The summed E-state index contributed by atoms with van der Waals surface area (Å²) in [6.45, 7) is 0. The molecule has 4 heteroatoms. The third-order valence-electron chi connectivity index (χ3n) is 4.59. The Hall–Kier alpha value is -1.84. The number of pyridine rings is 1. The fourth-order valence-corrected chi connectivity index (χ4v) is 2.91. The number of nitrogens with zero attached hydrogens (tertiary/aromatic N) is 3. The zero-order chi connectivity index (χ0) is 13.7. The van der Waals surface area contributed by atoms with Gasteiger partial charge in [-0.3, -0.25) is 9.48 Å². The van der Waals surface area contributed by atoms with E-state index in [0.29, 0.717) is 12.0 Å². The van der Waals surface area contributed by atoms with Crippen molar-refractivity contribution in [2.75, 3.05) is 0 Å². The second-order valence-electron chi connectivity index (χ2n) is 6.10. The van der Waals surface area contributed by atoms with Crippen LogP contribution in [0.25, 0.3) is 11.1 Å². The lowest BCUT2D eigenvalue weighted by Gasteiger charge is -2.25. The molecule has 4 rings (SSSR count). The Morgan fingerprint density at radius 2 is 2.00 bits per heavy atom. The molecule has 2 aliphatic rings. The largest absolute Gasteiger partial charge is 0.318 e. The molecule has 0 unspecified atom stereocenters. The maximum Gasteiger partial charge on any atom is 0.258 e. The SMILES string of the molecule is Cn1cccc(-c2cn(C3CCC3)nc2C2CC2)c1=O. The van der Waals surface area contributed by atoms with Gasteiger partial charge in [0.2, 0.25) is 0 Å². The number of hydrogen-bond acceptors (Lipinski definition) is 2. The molecule has 2 fully saturated rings. The van der Waals surface area contributed by atoms with Crippen LogP contribution < -0.4 is 5.56 Å². The minimum Gasteiger partial charge on any atom is -0.318 e. The normalized spacial score (nSPS) is 19.1. The summed E-state index contributed by atoms with van der Waals surface area (Å²) in [4.78, 5) is 12.4. The summed E-state index contributed by atoms with van der Waals surface area (Å²) >= 11 is 0. The van der Waals surface area contributed by atoms with E-state index in [0.717, 1.165) is 16.8 Å². The Kier molecular flexibility index (Phi) is 2.59. The number of rotatable bonds is 3. The van der Waals surface area contributed by atoms with Crippen LogP contribution in [0, 0.1) is 0 Å². The molecule has 0 bridgehead atoms. The van der Waals surface area contributed by atoms with Crippen molar-refractivity contribution in [2.45, 2.75) is 44.1 Å². The molecule has 2 heterocycles. The van der Waals surface area contributed by atoms with Crippen molar-refractivity contribution >= 4 is 0 Å². The van der Waals surface area contributed by atoms with Crippen molar-refractivity contribution in [3.63, 3.8) is 0 Å².